The van der Waals surface area contributed by atoms with Gasteiger partial charge in [0.1, 0.15) is 0 Å². The second-order valence-corrected chi connectivity index (χ2v) is 9.35. The molecule has 4 aromatic rings. The summed E-state index contributed by atoms with van der Waals surface area (Å²) in [5, 5.41) is 5.85. The first kappa shape index (κ1) is 22.4. The van der Waals surface area contributed by atoms with Crippen LogP contribution in [0.1, 0.15) is 35.4 Å². The lowest BCUT2D eigenvalue weighted by molar-refractivity contribution is -0.126. The molecule has 1 heterocycles. The van der Waals surface area contributed by atoms with Crippen molar-refractivity contribution in [2.75, 3.05) is 19.6 Å². The molecular formula is C31H32N2O. The molecule has 34 heavy (non-hydrogen) atoms. The van der Waals surface area contributed by atoms with Crippen molar-refractivity contribution in [3.8, 4) is 0 Å². The second kappa shape index (κ2) is 10.7. The highest BCUT2D eigenvalue weighted by molar-refractivity contribution is 5.83. The van der Waals surface area contributed by atoms with E-state index >= 15 is 0 Å². The van der Waals surface area contributed by atoms with Crippen LogP contribution >= 0.6 is 0 Å². The van der Waals surface area contributed by atoms with Crippen molar-refractivity contribution < 1.29 is 4.79 Å². The third-order valence-electron chi connectivity index (χ3n) is 7.06. The summed E-state index contributed by atoms with van der Waals surface area (Å²) in [7, 11) is 0. The fourth-order valence-corrected chi connectivity index (χ4v) is 5.09. The van der Waals surface area contributed by atoms with Gasteiger partial charge in [0.2, 0.25) is 5.91 Å². The van der Waals surface area contributed by atoms with Crippen molar-refractivity contribution in [3.63, 3.8) is 0 Å². The normalized spacial score (nSPS) is 15.0. The first-order valence-electron chi connectivity index (χ1n) is 12.3. The minimum atomic E-state index is 0.0973. The largest absolute Gasteiger partial charge is 0.355 e. The number of nitrogens with one attached hydrogen (secondary N) is 1. The number of piperidine rings is 1. The molecule has 0 bridgehead atoms. The van der Waals surface area contributed by atoms with E-state index in [1.807, 2.05) is 12.1 Å². The lowest BCUT2D eigenvalue weighted by Crippen LogP contribution is -2.41. The van der Waals surface area contributed by atoms with E-state index in [1.165, 1.54) is 27.5 Å². The van der Waals surface area contributed by atoms with E-state index in [2.05, 4.69) is 101 Å². The van der Waals surface area contributed by atoms with Gasteiger partial charge in [0.15, 0.2) is 0 Å². The number of fused-ring (bicyclic) bond motifs is 1. The first-order valence-corrected chi connectivity index (χ1v) is 12.3. The Bertz CT molecular complexity index is 1170. The van der Waals surface area contributed by atoms with E-state index in [1.54, 1.807) is 0 Å². The number of rotatable bonds is 7. The van der Waals surface area contributed by atoms with E-state index in [0.29, 0.717) is 6.54 Å². The van der Waals surface area contributed by atoms with Crippen molar-refractivity contribution in [2.24, 2.45) is 5.92 Å². The van der Waals surface area contributed by atoms with Gasteiger partial charge in [0.25, 0.3) is 0 Å². The van der Waals surface area contributed by atoms with Crippen molar-refractivity contribution in [2.45, 2.75) is 25.3 Å². The molecule has 0 aliphatic carbocycles. The summed E-state index contributed by atoms with van der Waals surface area (Å²) in [5.41, 5.74) is 3.81. The maximum absolute atomic E-state index is 13.0. The molecule has 1 fully saturated rings. The molecule has 0 unspecified atom stereocenters. The topological polar surface area (TPSA) is 32.3 Å². The maximum atomic E-state index is 13.0. The summed E-state index contributed by atoms with van der Waals surface area (Å²) < 4.78 is 0. The number of benzene rings is 4. The Morgan fingerprint density at radius 2 is 1.35 bits per heavy atom. The Balaban J connectivity index is 1.16. The molecule has 172 valence electrons. The van der Waals surface area contributed by atoms with Gasteiger partial charge in [-0.15, -0.1) is 0 Å². The van der Waals surface area contributed by atoms with E-state index in [0.717, 1.165) is 32.5 Å². The molecule has 3 nitrogen and oxygen atoms in total. The summed E-state index contributed by atoms with van der Waals surface area (Å²) in [5.74, 6) is 0.460. The van der Waals surface area contributed by atoms with Gasteiger partial charge in [-0.1, -0.05) is 97.1 Å². The minimum absolute atomic E-state index is 0.0973. The number of hydrogen-bond acceptors (Lipinski definition) is 2. The summed E-state index contributed by atoms with van der Waals surface area (Å²) in [6.45, 7) is 3.50. The highest BCUT2D eigenvalue weighted by Gasteiger charge is 2.26. The summed E-state index contributed by atoms with van der Waals surface area (Å²) in [6.07, 6.45) is 1.83. The van der Waals surface area contributed by atoms with Crippen LogP contribution in [0.3, 0.4) is 0 Å². The molecule has 0 radical (unpaired) electrons. The van der Waals surface area contributed by atoms with Gasteiger partial charge < -0.3 is 5.32 Å². The van der Waals surface area contributed by atoms with Gasteiger partial charge >= 0.3 is 0 Å². The Kier molecular flexibility index (Phi) is 7.02. The Hall–Kier alpha value is -3.43. The van der Waals surface area contributed by atoms with Crippen LogP contribution in [0.5, 0.6) is 0 Å². The van der Waals surface area contributed by atoms with Crippen LogP contribution in [0.2, 0.25) is 0 Å². The lowest BCUT2D eigenvalue weighted by atomic mass is 9.90. The first-order chi connectivity index (χ1) is 16.8. The molecule has 5 rings (SSSR count). The summed E-state index contributed by atoms with van der Waals surface area (Å²) in [6, 6.07) is 36.2. The molecule has 0 saturated carbocycles. The molecule has 1 amide bonds. The molecule has 1 aliphatic rings. The van der Waals surface area contributed by atoms with Gasteiger partial charge in [-0.05, 0) is 59.5 Å². The maximum Gasteiger partial charge on any atom is 0.223 e. The number of likely N-dealkylation sites (tertiary alicyclic amines) is 1. The van der Waals surface area contributed by atoms with Crippen LogP contribution < -0.4 is 5.32 Å². The molecular weight excluding hydrogens is 416 g/mol. The van der Waals surface area contributed by atoms with E-state index in [9.17, 15) is 4.79 Å². The number of carbonyl (C=O) groups excluding carboxylic acids is 1. The van der Waals surface area contributed by atoms with Gasteiger partial charge in [0.05, 0.1) is 0 Å². The van der Waals surface area contributed by atoms with Crippen LogP contribution in [0.4, 0.5) is 0 Å². The van der Waals surface area contributed by atoms with E-state index in [4.69, 9.17) is 0 Å². The molecule has 1 aliphatic heterocycles. The summed E-state index contributed by atoms with van der Waals surface area (Å²) >= 11 is 0. The third-order valence-corrected chi connectivity index (χ3v) is 7.06. The zero-order valence-electron chi connectivity index (χ0n) is 19.6. The zero-order valence-corrected chi connectivity index (χ0v) is 19.6. The van der Waals surface area contributed by atoms with E-state index in [-0.39, 0.29) is 17.7 Å². The highest BCUT2D eigenvalue weighted by atomic mass is 16.1. The average molecular weight is 449 g/mol. The molecule has 0 aromatic heterocycles. The number of carbonyl (C=O) groups is 1. The second-order valence-electron chi connectivity index (χ2n) is 9.35. The van der Waals surface area contributed by atoms with Crippen LogP contribution in [0, 0.1) is 5.92 Å². The fraction of sp³-hybridized carbons (Fsp3) is 0.258. The molecule has 0 spiro atoms. The Morgan fingerprint density at radius 1 is 0.765 bits per heavy atom. The quantitative estimate of drug-likeness (QED) is 0.376. The molecule has 3 heteroatoms. The number of hydrogen-bond donors (Lipinski definition) is 1. The van der Waals surface area contributed by atoms with Crippen molar-refractivity contribution >= 4 is 16.7 Å². The van der Waals surface area contributed by atoms with E-state index < -0.39 is 0 Å². The predicted octanol–water partition coefficient (Wildman–Crippen LogP) is 6.00. The predicted molar refractivity (Wildman–Crippen MR) is 140 cm³/mol. The van der Waals surface area contributed by atoms with Crippen LogP contribution in [0.25, 0.3) is 10.8 Å². The fourth-order valence-electron chi connectivity index (χ4n) is 5.09. The molecule has 4 aromatic carbocycles. The highest BCUT2D eigenvalue weighted by Crippen LogP contribution is 2.25. The average Bonchev–Trinajstić information content (AvgIpc) is 2.90. The molecule has 0 atom stereocenters. The van der Waals surface area contributed by atoms with Gasteiger partial charge in [0, 0.05) is 24.9 Å². The Labute approximate surface area is 202 Å². The SMILES string of the molecule is O=C(NCC(c1ccccc1)c1ccccc1)C1CCN(Cc2ccc3ccccc3c2)CC1. The molecule has 1 saturated heterocycles. The molecule has 1 N–H and O–H groups in total. The van der Waals surface area contributed by atoms with Crippen molar-refractivity contribution in [1.29, 1.82) is 0 Å². The Morgan fingerprint density at radius 3 is 2.00 bits per heavy atom. The lowest BCUT2D eigenvalue weighted by Gasteiger charge is -2.31. The van der Waals surface area contributed by atoms with Crippen LogP contribution in [0.15, 0.2) is 103 Å². The minimum Gasteiger partial charge on any atom is -0.355 e. The number of amides is 1. The van der Waals surface area contributed by atoms with Gasteiger partial charge in [-0.2, -0.15) is 0 Å². The monoisotopic (exact) mass is 448 g/mol. The van der Waals surface area contributed by atoms with Crippen molar-refractivity contribution in [3.05, 3.63) is 120 Å². The van der Waals surface area contributed by atoms with Gasteiger partial charge in [-0.3, -0.25) is 9.69 Å². The number of nitrogens with zero attached hydrogens (tertiary/aromatic N) is 1. The summed E-state index contributed by atoms with van der Waals surface area (Å²) in [4.78, 5) is 15.5. The van der Waals surface area contributed by atoms with Crippen LogP contribution in [-0.4, -0.2) is 30.4 Å². The van der Waals surface area contributed by atoms with Crippen LogP contribution in [-0.2, 0) is 11.3 Å². The zero-order chi connectivity index (χ0) is 23.2. The third kappa shape index (κ3) is 5.37. The van der Waals surface area contributed by atoms with Gasteiger partial charge in [-0.25, -0.2) is 0 Å². The van der Waals surface area contributed by atoms with Crippen molar-refractivity contribution in [1.82, 2.24) is 10.2 Å². The smallest absolute Gasteiger partial charge is 0.223 e. The standard InChI is InChI=1S/C31H32N2O/c34-31(32-22-30(26-10-3-1-4-11-26)27-12-5-2-6-13-27)28-17-19-33(20-18-28)23-24-15-16-25-9-7-8-14-29(25)21-24/h1-16,21,28,30H,17-20,22-23H2,(H,32,34).